The first-order valence-electron chi connectivity index (χ1n) is 10.8. The summed E-state index contributed by atoms with van der Waals surface area (Å²) in [5.74, 6) is -0.268. The number of ether oxygens (including phenoxy) is 1. The smallest absolute Gasteiger partial charge is 0.255 e. The van der Waals surface area contributed by atoms with Crippen LogP contribution in [0.3, 0.4) is 0 Å². The Balaban J connectivity index is 1.49. The van der Waals surface area contributed by atoms with Crippen molar-refractivity contribution in [3.05, 3.63) is 54.1 Å². The van der Waals surface area contributed by atoms with Gasteiger partial charge in [-0.05, 0) is 56.2 Å². The van der Waals surface area contributed by atoms with Gasteiger partial charge in [-0.1, -0.05) is 18.6 Å². The van der Waals surface area contributed by atoms with Gasteiger partial charge in [-0.15, -0.1) is 0 Å². The van der Waals surface area contributed by atoms with Crippen LogP contribution in [0.15, 0.2) is 53.4 Å². The van der Waals surface area contributed by atoms with Crippen molar-refractivity contribution in [2.75, 3.05) is 43.1 Å². The van der Waals surface area contributed by atoms with Crippen LogP contribution in [-0.4, -0.2) is 57.5 Å². The predicted octanol–water partition coefficient (Wildman–Crippen LogP) is 3.34. The lowest BCUT2D eigenvalue weighted by Gasteiger charge is -2.32. The van der Waals surface area contributed by atoms with Gasteiger partial charge in [0.15, 0.2) is 0 Å². The van der Waals surface area contributed by atoms with Crippen molar-refractivity contribution >= 4 is 27.3 Å². The third-order valence-corrected chi connectivity index (χ3v) is 8.00. The summed E-state index contributed by atoms with van der Waals surface area (Å²) in [6.45, 7) is 5.36. The molecule has 0 bridgehead atoms. The number of hydrogen-bond acceptors (Lipinski definition) is 5. The average molecular weight is 444 g/mol. The highest BCUT2D eigenvalue weighted by molar-refractivity contribution is 7.89. The van der Waals surface area contributed by atoms with E-state index in [-0.39, 0.29) is 16.8 Å². The molecular formula is C23H29N3O4S. The number of nitrogens with one attached hydrogen (secondary N) is 1. The zero-order valence-electron chi connectivity index (χ0n) is 17.8. The van der Waals surface area contributed by atoms with Crippen LogP contribution in [0.25, 0.3) is 0 Å². The lowest BCUT2D eigenvalue weighted by molar-refractivity contribution is 0.102. The van der Waals surface area contributed by atoms with E-state index in [1.165, 1.54) is 12.1 Å². The molecule has 0 saturated carbocycles. The molecule has 2 aliphatic rings. The van der Waals surface area contributed by atoms with Crippen molar-refractivity contribution in [2.24, 2.45) is 0 Å². The molecule has 0 radical (unpaired) electrons. The molecule has 2 saturated heterocycles. The summed E-state index contributed by atoms with van der Waals surface area (Å²) in [5, 5.41) is 2.97. The maximum atomic E-state index is 13.0. The largest absolute Gasteiger partial charge is 0.378 e. The number of piperidine rings is 1. The lowest BCUT2D eigenvalue weighted by Crippen LogP contribution is -2.41. The monoisotopic (exact) mass is 443 g/mol. The molecule has 2 aliphatic heterocycles. The van der Waals surface area contributed by atoms with E-state index in [4.69, 9.17) is 4.74 Å². The second-order valence-electron chi connectivity index (χ2n) is 8.06. The molecule has 166 valence electrons. The highest BCUT2D eigenvalue weighted by Gasteiger charge is 2.31. The minimum Gasteiger partial charge on any atom is -0.378 e. The van der Waals surface area contributed by atoms with Crippen LogP contribution < -0.4 is 10.2 Å². The zero-order valence-corrected chi connectivity index (χ0v) is 18.6. The minimum atomic E-state index is -3.55. The van der Waals surface area contributed by atoms with Gasteiger partial charge < -0.3 is 15.0 Å². The summed E-state index contributed by atoms with van der Waals surface area (Å²) in [5.41, 5.74) is 2.10. The van der Waals surface area contributed by atoms with Crippen LogP contribution in [-0.2, 0) is 14.8 Å². The second-order valence-corrected chi connectivity index (χ2v) is 9.95. The number of hydrogen-bond donors (Lipinski definition) is 1. The maximum Gasteiger partial charge on any atom is 0.255 e. The van der Waals surface area contributed by atoms with Crippen LogP contribution >= 0.6 is 0 Å². The van der Waals surface area contributed by atoms with Crippen molar-refractivity contribution in [3.8, 4) is 0 Å². The fourth-order valence-corrected chi connectivity index (χ4v) is 5.90. The van der Waals surface area contributed by atoms with Gasteiger partial charge in [-0.25, -0.2) is 8.42 Å². The van der Waals surface area contributed by atoms with Crippen LogP contribution in [0.2, 0.25) is 0 Å². The molecule has 1 amide bonds. The molecule has 2 fully saturated rings. The molecular weight excluding hydrogens is 414 g/mol. The van der Waals surface area contributed by atoms with E-state index in [1.807, 2.05) is 31.2 Å². The number of carbonyl (C=O) groups excluding carboxylic acids is 1. The SMILES string of the molecule is C[C@H]1CCCCN1S(=O)(=O)c1ccc(C(=O)Nc2ccccc2N2CCOCC2)cc1. The van der Waals surface area contributed by atoms with E-state index in [2.05, 4.69) is 10.2 Å². The number of para-hydroxylation sites is 2. The number of amides is 1. The molecule has 7 nitrogen and oxygen atoms in total. The van der Waals surface area contributed by atoms with E-state index < -0.39 is 10.0 Å². The van der Waals surface area contributed by atoms with Gasteiger partial charge in [0, 0.05) is 31.2 Å². The standard InChI is InChI=1S/C23H29N3O4S/c1-18-6-4-5-13-26(18)31(28,29)20-11-9-19(10-12-20)23(27)24-21-7-2-3-8-22(21)25-14-16-30-17-15-25/h2-3,7-12,18H,4-6,13-17H2,1H3,(H,24,27)/t18-/m0/s1. The average Bonchev–Trinajstić information content (AvgIpc) is 2.80. The topological polar surface area (TPSA) is 79.0 Å². The summed E-state index contributed by atoms with van der Waals surface area (Å²) in [6.07, 6.45) is 2.81. The van der Waals surface area contributed by atoms with Gasteiger partial charge in [-0.3, -0.25) is 4.79 Å². The Hall–Kier alpha value is -2.42. The zero-order chi connectivity index (χ0) is 21.8. The molecule has 31 heavy (non-hydrogen) atoms. The van der Waals surface area contributed by atoms with Gasteiger partial charge >= 0.3 is 0 Å². The summed E-state index contributed by atoms with van der Waals surface area (Å²) in [7, 11) is -3.55. The third-order valence-electron chi connectivity index (χ3n) is 5.97. The molecule has 2 aromatic rings. The quantitative estimate of drug-likeness (QED) is 0.767. The molecule has 4 rings (SSSR count). The number of rotatable bonds is 5. The van der Waals surface area contributed by atoms with Crippen molar-refractivity contribution < 1.29 is 17.9 Å². The third kappa shape index (κ3) is 4.76. The molecule has 0 aromatic heterocycles. The van der Waals surface area contributed by atoms with E-state index in [9.17, 15) is 13.2 Å². The molecule has 1 N–H and O–H groups in total. The fraction of sp³-hybridized carbons (Fsp3) is 0.435. The second kappa shape index (κ2) is 9.38. The van der Waals surface area contributed by atoms with Crippen molar-refractivity contribution in [1.29, 1.82) is 0 Å². The van der Waals surface area contributed by atoms with Crippen LogP contribution in [0.5, 0.6) is 0 Å². The number of morpholine rings is 1. The molecule has 2 aromatic carbocycles. The summed E-state index contributed by atoms with van der Waals surface area (Å²) < 4.78 is 33.0. The Kier molecular flexibility index (Phi) is 6.60. The van der Waals surface area contributed by atoms with E-state index in [0.29, 0.717) is 25.3 Å². The molecule has 1 atom stereocenters. The Morgan fingerprint density at radius 1 is 1.00 bits per heavy atom. The maximum absolute atomic E-state index is 13.0. The van der Waals surface area contributed by atoms with Gasteiger partial charge in [0.25, 0.3) is 5.91 Å². The van der Waals surface area contributed by atoms with Crippen molar-refractivity contribution in [3.63, 3.8) is 0 Å². The highest BCUT2D eigenvalue weighted by atomic mass is 32.2. The summed E-state index contributed by atoms with van der Waals surface area (Å²) >= 11 is 0. The fourth-order valence-electron chi connectivity index (χ4n) is 4.20. The Morgan fingerprint density at radius 2 is 1.71 bits per heavy atom. The normalized spacial score (nSPS) is 20.4. The van der Waals surface area contributed by atoms with E-state index >= 15 is 0 Å². The van der Waals surface area contributed by atoms with Gasteiger partial charge in [0.2, 0.25) is 10.0 Å². The van der Waals surface area contributed by atoms with Crippen LogP contribution in [0.4, 0.5) is 11.4 Å². The number of benzene rings is 2. The summed E-state index contributed by atoms with van der Waals surface area (Å²) in [4.78, 5) is 15.3. The Bertz CT molecular complexity index is 1020. The highest BCUT2D eigenvalue weighted by Crippen LogP contribution is 2.28. The first kappa shape index (κ1) is 21.8. The van der Waals surface area contributed by atoms with Crippen LogP contribution in [0, 0.1) is 0 Å². The van der Waals surface area contributed by atoms with Crippen molar-refractivity contribution in [2.45, 2.75) is 37.1 Å². The number of nitrogens with zero attached hydrogens (tertiary/aromatic N) is 2. The molecule has 8 heteroatoms. The first-order valence-corrected chi connectivity index (χ1v) is 12.3. The molecule has 0 unspecified atom stereocenters. The number of sulfonamides is 1. The molecule has 0 aliphatic carbocycles. The molecule has 2 heterocycles. The minimum absolute atomic E-state index is 0.00147. The number of anilines is 2. The van der Waals surface area contributed by atoms with Gasteiger partial charge in [0.05, 0.1) is 29.5 Å². The Morgan fingerprint density at radius 3 is 2.42 bits per heavy atom. The molecule has 0 spiro atoms. The summed E-state index contributed by atoms with van der Waals surface area (Å²) in [6, 6.07) is 13.9. The van der Waals surface area contributed by atoms with E-state index in [1.54, 1.807) is 16.4 Å². The first-order chi connectivity index (χ1) is 15.0. The van der Waals surface area contributed by atoms with Crippen LogP contribution in [0.1, 0.15) is 36.5 Å². The van der Waals surface area contributed by atoms with E-state index in [0.717, 1.165) is 43.7 Å². The number of carbonyl (C=O) groups is 1. The Labute approximate surface area is 184 Å². The predicted molar refractivity (Wildman–Crippen MR) is 121 cm³/mol. The van der Waals surface area contributed by atoms with Gasteiger partial charge in [-0.2, -0.15) is 4.31 Å². The lowest BCUT2D eigenvalue weighted by atomic mass is 10.1. The van der Waals surface area contributed by atoms with Gasteiger partial charge in [0.1, 0.15) is 0 Å². The van der Waals surface area contributed by atoms with Crippen molar-refractivity contribution in [1.82, 2.24) is 4.31 Å².